The van der Waals surface area contributed by atoms with Crippen LogP contribution >= 0.6 is 0 Å². The van der Waals surface area contributed by atoms with Gasteiger partial charge >= 0.3 is 0 Å². The molecule has 27 heavy (non-hydrogen) atoms. The first-order chi connectivity index (χ1) is 12.8. The molecule has 0 bridgehead atoms. The molecule has 4 heteroatoms. The first-order valence-electron chi connectivity index (χ1n) is 10.5. The average molecular weight is 373 g/mol. The summed E-state index contributed by atoms with van der Waals surface area (Å²) in [5.74, 6) is 1.65. The largest absolute Gasteiger partial charge is 0.312 e. The Morgan fingerprint density at radius 3 is 2.52 bits per heavy atom. The SMILES string of the molecule is CC(C)CCCN1C(=O)C(c2cccc(F)c2)=NC12CCC(C(C)C)CC2. The van der Waals surface area contributed by atoms with Crippen LogP contribution in [0.3, 0.4) is 0 Å². The lowest BCUT2D eigenvalue weighted by Gasteiger charge is -2.42. The highest BCUT2D eigenvalue weighted by Crippen LogP contribution is 2.43. The Hall–Kier alpha value is -1.71. The van der Waals surface area contributed by atoms with Crippen LogP contribution in [0.25, 0.3) is 0 Å². The van der Waals surface area contributed by atoms with E-state index in [0.717, 1.165) is 45.1 Å². The molecule has 2 aliphatic rings. The van der Waals surface area contributed by atoms with Crippen molar-refractivity contribution >= 4 is 11.6 Å². The van der Waals surface area contributed by atoms with Gasteiger partial charge in [0.25, 0.3) is 5.91 Å². The Morgan fingerprint density at radius 1 is 1.22 bits per heavy atom. The van der Waals surface area contributed by atoms with Crippen LogP contribution in [0.15, 0.2) is 29.3 Å². The molecule has 1 heterocycles. The molecular weight excluding hydrogens is 339 g/mol. The molecule has 148 valence electrons. The van der Waals surface area contributed by atoms with Crippen LogP contribution < -0.4 is 0 Å². The summed E-state index contributed by atoms with van der Waals surface area (Å²) in [5, 5.41) is 0. The fourth-order valence-electron chi connectivity index (χ4n) is 4.58. The van der Waals surface area contributed by atoms with E-state index in [9.17, 15) is 9.18 Å². The molecule has 3 rings (SSSR count). The lowest BCUT2D eigenvalue weighted by atomic mass is 9.76. The molecule has 0 atom stereocenters. The molecule has 0 aromatic heterocycles. The molecule has 1 aliphatic carbocycles. The number of benzene rings is 1. The Morgan fingerprint density at radius 2 is 1.93 bits per heavy atom. The summed E-state index contributed by atoms with van der Waals surface area (Å²) >= 11 is 0. The van der Waals surface area contributed by atoms with E-state index in [1.807, 2.05) is 4.90 Å². The van der Waals surface area contributed by atoms with Gasteiger partial charge in [-0.15, -0.1) is 0 Å². The van der Waals surface area contributed by atoms with E-state index in [1.165, 1.54) is 12.1 Å². The quantitative estimate of drug-likeness (QED) is 0.655. The van der Waals surface area contributed by atoms with E-state index in [0.29, 0.717) is 29.0 Å². The van der Waals surface area contributed by atoms with Crippen molar-refractivity contribution in [2.24, 2.45) is 22.7 Å². The van der Waals surface area contributed by atoms with Crippen molar-refractivity contribution in [3.05, 3.63) is 35.6 Å². The Labute approximate surface area is 163 Å². The van der Waals surface area contributed by atoms with Gasteiger partial charge < -0.3 is 4.90 Å². The maximum Gasteiger partial charge on any atom is 0.274 e. The van der Waals surface area contributed by atoms with Crippen LogP contribution in [0.2, 0.25) is 0 Å². The Bertz CT molecular complexity index is 702. The van der Waals surface area contributed by atoms with Crippen LogP contribution in [0, 0.1) is 23.6 Å². The van der Waals surface area contributed by atoms with Crippen molar-refractivity contribution in [3.63, 3.8) is 0 Å². The molecule has 1 saturated carbocycles. The summed E-state index contributed by atoms with van der Waals surface area (Å²) in [6.45, 7) is 9.73. The van der Waals surface area contributed by atoms with E-state index in [1.54, 1.807) is 12.1 Å². The summed E-state index contributed by atoms with van der Waals surface area (Å²) in [6, 6.07) is 6.30. The third-order valence-corrected chi connectivity index (χ3v) is 6.31. The summed E-state index contributed by atoms with van der Waals surface area (Å²) in [7, 11) is 0. The second-order valence-electron chi connectivity index (χ2n) is 9.03. The number of amides is 1. The Kier molecular flexibility index (Phi) is 6.02. The molecule has 1 amide bonds. The maximum absolute atomic E-state index is 13.7. The third kappa shape index (κ3) is 4.25. The second kappa shape index (κ2) is 8.12. The van der Waals surface area contributed by atoms with Gasteiger partial charge in [-0.2, -0.15) is 0 Å². The van der Waals surface area contributed by atoms with Gasteiger partial charge in [-0.3, -0.25) is 9.79 Å². The highest BCUT2D eigenvalue weighted by molar-refractivity contribution is 6.46. The number of hydrogen-bond donors (Lipinski definition) is 0. The minimum absolute atomic E-state index is 0.0210. The van der Waals surface area contributed by atoms with Gasteiger partial charge in [0.05, 0.1) is 0 Å². The first kappa shape index (κ1) is 20.0. The molecule has 1 aromatic carbocycles. The highest BCUT2D eigenvalue weighted by atomic mass is 19.1. The predicted molar refractivity (Wildman–Crippen MR) is 108 cm³/mol. The number of aliphatic imine (C=N–C) groups is 1. The maximum atomic E-state index is 13.7. The van der Waals surface area contributed by atoms with Gasteiger partial charge in [0, 0.05) is 12.1 Å². The normalized spacial score (nSPS) is 25.7. The van der Waals surface area contributed by atoms with E-state index < -0.39 is 5.66 Å². The molecule has 1 aromatic rings. The standard InChI is InChI=1S/C23H33FN2O/c1-16(2)7-6-14-26-22(27)21(19-8-5-9-20(24)15-19)25-23(26)12-10-18(11-13-23)17(3)4/h5,8-9,15-18H,6-7,10-14H2,1-4H3. The molecule has 1 spiro atoms. The van der Waals surface area contributed by atoms with Crippen molar-refractivity contribution in [2.45, 2.75) is 71.9 Å². The number of halogens is 1. The number of carbonyl (C=O) groups is 1. The minimum Gasteiger partial charge on any atom is -0.312 e. The van der Waals surface area contributed by atoms with E-state index in [-0.39, 0.29) is 11.7 Å². The van der Waals surface area contributed by atoms with Crippen LogP contribution in [0.5, 0.6) is 0 Å². The fraction of sp³-hybridized carbons (Fsp3) is 0.652. The highest BCUT2D eigenvalue weighted by Gasteiger charge is 2.48. The zero-order chi connectivity index (χ0) is 19.6. The molecule has 0 unspecified atom stereocenters. The monoisotopic (exact) mass is 372 g/mol. The van der Waals surface area contributed by atoms with Crippen molar-refractivity contribution in [3.8, 4) is 0 Å². The van der Waals surface area contributed by atoms with Crippen LogP contribution in [-0.4, -0.2) is 28.7 Å². The Balaban J connectivity index is 1.87. The molecule has 1 aliphatic heterocycles. The molecule has 0 N–H and O–H groups in total. The van der Waals surface area contributed by atoms with Crippen molar-refractivity contribution in [2.75, 3.05) is 6.54 Å². The van der Waals surface area contributed by atoms with Crippen LogP contribution in [0.1, 0.15) is 71.8 Å². The lowest BCUT2D eigenvalue weighted by molar-refractivity contribution is -0.129. The number of nitrogens with zero attached hydrogens (tertiary/aromatic N) is 2. The predicted octanol–water partition coefficient (Wildman–Crippen LogP) is 5.44. The smallest absolute Gasteiger partial charge is 0.274 e. The molecule has 3 nitrogen and oxygen atoms in total. The third-order valence-electron chi connectivity index (χ3n) is 6.31. The molecule has 1 fully saturated rings. The van der Waals surface area contributed by atoms with E-state index >= 15 is 0 Å². The van der Waals surface area contributed by atoms with E-state index in [2.05, 4.69) is 27.7 Å². The number of rotatable bonds is 6. The topological polar surface area (TPSA) is 32.7 Å². The fourth-order valence-corrected chi connectivity index (χ4v) is 4.58. The van der Waals surface area contributed by atoms with Gasteiger partial charge in [0.2, 0.25) is 0 Å². The van der Waals surface area contributed by atoms with Gasteiger partial charge in [-0.25, -0.2) is 4.39 Å². The number of hydrogen-bond acceptors (Lipinski definition) is 2. The summed E-state index contributed by atoms with van der Waals surface area (Å²) < 4.78 is 13.7. The second-order valence-corrected chi connectivity index (χ2v) is 9.03. The van der Waals surface area contributed by atoms with Crippen molar-refractivity contribution in [1.29, 1.82) is 0 Å². The zero-order valence-corrected chi connectivity index (χ0v) is 17.2. The lowest BCUT2D eigenvalue weighted by Crippen LogP contribution is -2.49. The molecule has 0 saturated heterocycles. The van der Waals surface area contributed by atoms with Gasteiger partial charge in [0.1, 0.15) is 17.2 Å². The number of carbonyl (C=O) groups excluding carboxylic acids is 1. The molecule has 0 radical (unpaired) electrons. The van der Waals surface area contributed by atoms with Crippen LogP contribution in [0.4, 0.5) is 4.39 Å². The zero-order valence-electron chi connectivity index (χ0n) is 17.2. The van der Waals surface area contributed by atoms with E-state index in [4.69, 9.17) is 4.99 Å². The van der Waals surface area contributed by atoms with Gasteiger partial charge in [0.15, 0.2) is 0 Å². The summed E-state index contributed by atoms with van der Waals surface area (Å²) in [6.07, 6.45) is 6.13. The van der Waals surface area contributed by atoms with Crippen molar-refractivity contribution < 1.29 is 9.18 Å². The van der Waals surface area contributed by atoms with Crippen LogP contribution in [-0.2, 0) is 4.79 Å². The molecular formula is C23H33FN2O. The first-order valence-corrected chi connectivity index (χ1v) is 10.5. The minimum atomic E-state index is -0.416. The van der Waals surface area contributed by atoms with Gasteiger partial charge in [-0.1, -0.05) is 39.8 Å². The summed E-state index contributed by atoms with van der Waals surface area (Å²) in [5.41, 5.74) is 0.639. The average Bonchev–Trinajstić information content (AvgIpc) is 2.88. The van der Waals surface area contributed by atoms with Crippen molar-refractivity contribution in [1.82, 2.24) is 4.90 Å². The van der Waals surface area contributed by atoms with Gasteiger partial charge in [-0.05, 0) is 68.4 Å². The summed E-state index contributed by atoms with van der Waals surface area (Å²) in [4.78, 5) is 20.2.